The monoisotopic (exact) mass is 343 g/mol. The molecule has 124 valence electrons. The van der Waals surface area contributed by atoms with Crippen LogP contribution in [-0.4, -0.2) is 20.6 Å². The van der Waals surface area contributed by atoms with Crippen LogP contribution in [-0.2, 0) is 9.84 Å². The molecule has 1 unspecified atom stereocenters. The van der Waals surface area contributed by atoms with Crippen LogP contribution in [0.4, 0.5) is 0 Å². The van der Waals surface area contributed by atoms with Crippen LogP contribution in [0.2, 0.25) is 0 Å². The topological polar surface area (TPSA) is 76.4 Å². The Morgan fingerprint density at radius 3 is 2.38 bits per heavy atom. The first-order valence-electron chi connectivity index (χ1n) is 7.44. The summed E-state index contributed by atoms with van der Waals surface area (Å²) in [7, 11) is -3.23. The maximum absolute atomic E-state index is 12.3. The number of para-hydroxylation sites is 1. The normalized spacial score (nSPS) is 12.9. The molecule has 0 bridgehead atoms. The number of rotatable bonds is 4. The van der Waals surface area contributed by atoms with Crippen molar-refractivity contribution in [2.75, 3.05) is 6.26 Å². The molecule has 2 aromatic carbocycles. The van der Waals surface area contributed by atoms with Gasteiger partial charge < -0.3 is 9.73 Å². The molecule has 3 aromatic rings. The Balaban J connectivity index is 1.76. The summed E-state index contributed by atoms with van der Waals surface area (Å²) < 4.78 is 28.5. The molecule has 1 N–H and O–H groups in total. The first-order chi connectivity index (χ1) is 11.3. The lowest BCUT2D eigenvalue weighted by atomic mass is 10.1. The van der Waals surface area contributed by atoms with Crippen LogP contribution in [0.25, 0.3) is 11.0 Å². The van der Waals surface area contributed by atoms with Gasteiger partial charge in [0.2, 0.25) is 0 Å². The zero-order valence-corrected chi connectivity index (χ0v) is 14.1. The van der Waals surface area contributed by atoms with E-state index in [9.17, 15) is 13.2 Å². The van der Waals surface area contributed by atoms with Crippen molar-refractivity contribution in [3.63, 3.8) is 0 Å². The SMILES string of the molecule is CC(NC(=O)c1cc2ccccc2o1)c1ccc(S(C)(=O)=O)cc1. The molecule has 1 atom stereocenters. The van der Waals surface area contributed by atoms with Gasteiger partial charge in [-0.25, -0.2) is 8.42 Å². The number of hydrogen-bond acceptors (Lipinski definition) is 4. The fourth-order valence-electron chi connectivity index (χ4n) is 2.45. The Morgan fingerprint density at radius 1 is 1.08 bits per heavy atom. The van der Waals surface area contributed by atoms with Crippen LogP contribution in [0.3, 0.4) is 0 Å². The standard InChI is InChI=1S/C18H17NO4S/c1-12(13-7-9-15(10-8-13)24(2,21)22)19-18(20)17-11-14-5-3-4-6-16(14)23-17/h3-12H,1-2H3,(H,19,20). The minimum atomic E-state index is -3.23. The molecule has 0 aliphatic rings. The van der Waals surface area contributed by atoms with Crippen molar-refractivity contribution in [3.8, 4) is 0 Å². The van der Waals surface area contributed by atoms with Crippen LogP contribution in [0.5, 0.6) is 0 Å². The molecule has 0 spiro atoms. The molecule has 0 saturated heterocycles. The fraction of sp³-hybridized carbons (Fsp3) is 0.167. The summed E-state index contributed by atoms with van der Waals surface area (Å²) in [6.45, 7) is 1.83. The molecular weight excluding hydrogens is 326 g/mol. The summed E-state index contributed by atoms with van der Waals surface area (Å²) in [5.74, 6) is -0.0679. The number of benzene rings is 2. The number of carbonyl (C=O) groups is 1. The number of hydrogen-bond donors (Lipinski definition) is 1. The first-order valence-corrected chi connectivity index (χ1v) is 9.33. The lowest BCUT2D eigenvalue weighted by Gasteiger charge is -2.13. The maximum Gasteiger partial charge on any atom is 0.287 e. The number of amides is 1. The van der Waals surface area contributed by atoms with Crippen LogP contribution in [0.15, 0.2) is 63.9 Å². The second-order valence-electron chi connectivity index (χ2n) is 5.68. The predicted molar refractivity (Wildman–Crippen MR) is 91.6 cm³/mol. The Hall–Kier alpha value is -2.60. The average molecular weight is 343 g/mol. The van der Waals surface area contributed by atoms with Crippen molar-refractivity contribution in [1.82, 2.24) is 5.32 Å². The van der Waals surface area contributed by atoms with E-state index in [1.807, 2.05) is 25.1 Å². The van der Waals surface area contributed by atoms with Crippen LogP contribution >= 0.6 is 0 Å². The van der Waals surface area contributed by atoms with E-state index in [0.29, 0.717) is 5.58 Å². The minimum Gasteiger partial charge on any atom is -0.451 e. The average Bonchev–Trinajstić information content (AvgIpc) is 2.98. The molecule has 3 rings (SSSR count). The number of furan rings is 1. The quantitative estimate of drug-likeness (QED) is 0.788. The smallest absolute Gasteiger partial charge is 0.287 e. The molecule has 1 aromatic heterocycles. The number of sulfone groups is 1. The van der Waals surface area contributed by atoms with Gasteiger partial charge in [-0.3, -0.25) is 4.79 Å². The molecule has 1 heterocycles. The summed E-state index contributed by atoms with van der Waals surface area (Å²) in [5, 5.41) is 3.72. The van der Waals surface area contributed by atoms with Gasteiger partial charge in [0.25, 0.3) is 5.91 Å². The van der Waals surface area contributed by atoms with Crippen molar-refractivity contribution in [1.29, 1.82) is 0 Å². The van der Waals surface area contributed by atoms with Crippen LogP contribution in [0.1, 0.15) is 29.1 Å². The number of carbonyl (C=O) groups excluding carboxylic acids is 1. The van der Waals surface area contributed by atoms with Gasteiger partial charge in [0.1, 0.15) is 5.58 Å². The summed E-state index contributed by atoms with van der Waals surface area (Å²) in [6, 6.07) is 15.3. The second kappa shape index (κ2) is 6.13. The largest absolute Gasteiger partial charge is 0.451 e. The molecule has 5 nitrogen and oxygen atoms in total. The highest BCUT2D eigenvalue weighted by atomic mass is 32.2. The van der Waals surface area contributed by atoms with Gasteiger partial charge in [0.05, 0.1) is 10.9 Å². The third-order valence-corrected chi connectivity index (χ3v) is 4.93. The van der Waals surface area contributed by atoms with Gasteiger partial charge in [-0.1, -0.05) is 30.3 Å². The van der Waals surface area contributed by atoms with Gasteiger partial charge >= 0.3 is 0 Å². The molecule has 0 aliphatic heterocycles. The predicted octanol–water partition coefficient (Wildman–Crippen LogP) is 3.33. The first kappa shape index (κ1) is 16.3. The fourth-order valence-corrected chi connectivity index (χ4v) is 3.08. The van der Waals surface area contributed by atoms with Crippen LogP contribution < -0.4 is 5.32 Å². The molecule has 24 heavy (non-hydrogen) atoms. The number of fused-ring (bicyclic) bond motifs is 1. The Labute approximate surface area is 140 Å². The molecule has 0 aliphatic carbocycles. The van der Waals surface area contributed by atoms with E-state index in [1.165, 1.54) is 12.1 Å². The lowest BCUT2D eigenvalue weighted by Crippen LogP contribution is -2.26. The van der Waals surface area contributed by atoms with Gasteiger partial charge in [0.15, 0.2) is 15.6 Å². The van der Waals surface area contributed by atoms with Crippen molar-refractivity contribution in [3.05, 3.63) is 65.9 Å². The highest BCUT2D eigenvalue weighted by molar-refractivity contribution is 7.90. The van der Waals surface area contributed by atoms with Crippen molar-refractivity contribution in [2.45, 2.75) is 17.9 Å². The van der Waals surface area contributed by atoms with E-state index in [1.54, 1.807) is 24.3 Å². The third-order valence-electron chi connectivity index (χ3n) is 3.81. The van der Waals surface area contributed by atoms with Crippen molar-refractivity contribution < 1.29 is 17.6 Å². The number of nitrogens with one attached hydrogen (secondary N) is 1. The molecule has 1 amide bonds. The van der Waals surface area contributed by atoms with E-state index in [-0.39, 0.29) is 22.6 Å². The van der Waals surface area contributed by atoms with E-state index < -0.39 is 9.84 Å². The van der Waals surface area contributed by atoms with Crippen molar-refractivity contribution in [2.24, 2.45) is 0 Å². The molecule has 0 saturated carbocycles. The molecular formula is C18H17NO4S. The summed E-state index contributed by atoms with van der Waals surface area (Å²) in [5.41, 5.74) is 1.47. The van der Waals surface area contributed by atoms with E-state index in [2.05, 4.69) is 5.32 Å². The Bertz CT molecular complexity index is 954. The van der Waals surface area contributed by atoms with Gasteiger partial charge in [0, 0.05) is 11.6 Å². The van der Waals surface area contributed by atoms with Gasteiger partial charge in [-0.15, -0.1) is 0 Å². The highest BCUT2D eigenvalue weighted by Crippen LogP contribution is 2.20. The van der Waals surface area contributed by atoms with E-state index >= 15 is 0 Å². The third kappa shape index (κ3) is 3.33. The zero-order chi connectivity index (χ0) is 17.3. The van der Waals surface area contributed by atoms with Gasteiger partial charge in [-0.2, -0.15) is 0 Å². The molecule has 6 heteroatoms. The Morgan fingerprint density at radius 2 is 1.75 bits per heavy atom. The van der Waals surface area contributed by atoms with E-state index in [0.717, 1.165) is 17.2 Å². The van der Waals surface area contributed by atoms with Gasteiger partial charge in [-0.05, 0) is 36.8 Å². The minimum absolute atomic E-state index is 0.246. The molecule has 0 fully saturated rings. The lowest BCUT2D eigenvalue weighted by molar-refractivity contribution is 0.0914. The van der Waals surface area contributed by atoms with E-state index in [4.69, 9.17) is 4.42 Å². The zero-order valence-electron chi connectivity index (χ0n) is 13.3. The second-order valence-corrected chi connectivity index (χ2v) is 7.70. The summed E-state index contributed by atoms with van der Waals surface area (Å²) >= 11 is 0. The van der Waals surface area contributed by atoms with Crippen molar-refractivity contribution >= 4 is 26.7 Å². The summed E-state index contributed by atoms with van der Waals surface area (Å²) in [4.78, 5) is 12.6. The maximum atomic E-state index is 12.3. The summed E-state index contributed by atoms with van der Waals surface area (Å²) in [6.07, 6.45) is 1.16. The molecule has 0 radical (unpaired) electrons. The Kier molecular flexibility index (Phi) is 4.15. The van der Waals surface area contributed by atoms with Crippen LogP contribution in [0, 0.1) is 0 Å². The highest BCUT2D eigenvalue weighted by Gasteiger charge is 2.16.